The van der Waals surface area contributed by atoms with Crippen LogP contribution in [0, 0.1) is 11.8 Å². The Balaban J connectivity index is 1.74. The minimum absolute atomic E-state index is 0.361. The standard InChI is InChI=1S/C14H17NO2/c16-14(17)11-2-1-3-12(8-11)15-13(9-4-5-9)10-6-7-10/h1-3,8-10,13,15H,4-7H2,(H,16,17). The third kappa shape index (κ3) is 2.43. The summed E-state index contributed by atoms with van der Waals surface area (Å²) in [5.41, 5.74) is 1.31. The van der Waals surface area contributed by atoms with Crippen LogP contribution in [0.3, 0.4) is 0 Å². The summed E-state index contributed by atoms with van der Waals surface area (Å²) in [4.78, 5) is 10.9. The summed E-state index contributed by atoms with van der Waals surface area (Å²) in [5.74, 6) is 0.773. The molecule has 17 heavy (non-hydrogen) atoms. The van der Waals surface area contributed by atoms with Gasteiger partial charge >= 0.3 is 5.97 Å². The lowest BCUT2D eigenvalue weighted by Gasteiger charge is -2.19. The number of benzene rings is 1. The van der Waals surface area contributed by atoms with Gasteiger partial charge in [-0.2, -0.15) is 0 Å². The van der Waals surface area contributed by atoms with Crippen molar-refractivity contribution in [1.82, 2.24) is 0 Å². The fourth-order valence-electron chi connectivity index (χ4n) is 2.47. The van der Waals surface area contributed by atoms with Crippen molar-refractivity contribution in [2.24, 2.45) is 11.8 Å². The molecule has 0 aliphatic heterocycles. The largest absolute Gasteiger partial charge is 0.478 e. The monoisotopic (exact) mass is 231 g/mol. The maximum absolute atomic E-state index is 10.9. The molecule has 2 aliphatic carbocycles. The van der Waals surface area contributed by atoms with E-state index in [1.54, 1.807) is 12.1 Å². The van der Waals surface area contributed by atoms with E-state index in [1.807, 2.05) is 12.1 Å². The van der Waals surface area contributed by atoms with Crippen molar-refractivity contribution in [3.8, 4) is 0 Å². The number of carbonyl (C=O) groups is 1. The maximum atomic E-state index is 10.9. The number of carboxylic acid groups (broad SMARTS) is 1. The summed E-state index contributed by atoms with van der Waals surface area (Å²) < 4.78 is 0. The van der Waals surface area contributed by atoms with Crippen molar-refractivity contribution in [1.29, 1.82) is 0 Å². The Hall–Kier alpha value is -1.51. The maximum Gasteiger partial charge on any atom is 0.335 e. The Bertz CT molecular complexity index is 424. The van der Waals surface area contributed by atoms with Crippen LogP contribution >= 0.6 is 0 Å². The first-order valence-corrected chi connectivity index (χ1v) is 6.34. The van der Waals surface area contributed by atoms with E-state index in [0.29, 0.717) is 11.6 Å². The van der Waals surface area contributed by atoms with Gasteiger partial charge in [0.25, 0.3) is 0 Å². The molecular weight excluding hydrogens is 214 g/mol. The number of hydrogen-bond acceptors (Lipinski definition) is 2. The fraction of sp³-hybridized carbons (Fsp3) is 0.500. The Morgan fingerprint density at radius 1 is 1.24 bits per heavy atom. The summed E-state index contributed by atoms with van der Waals surface area (Å²) in [6, 6.07) is 7.71. The summed E-state index contributed by atoms with van der Waals surface area (Å²) >= 11 is 0. The lowest BCUT2D eigenvalue weighted by molar-refractivity contribution is 0.0697. The number of rotatable bonds is 5. The normalized spacial score (nSPS) is 19.4. The summed E-state index contributed by atoms with van der Waals surface area (Å²) in [7, 11) is 0. The van der Waals surface area contributed by atoms with Gasteiger partial charge in [0.2, 0.25) is 0 Å². The molecule has 0 radical (unpaired) electrons. The second-order valence-corrected chi connectivity index (χ2v) is 5.23. The van der Waals surface area contributed by atoms with Gasteiger partial charge < -0.3 is 10.4 Å². The van der Waals surface area contributed by atoms with Crippen LogP contribution in [0.1, 0.15) is 36.0 Å². The van der Waals surface area contributed by atoms with E-state index in [4.69, 9.17) is 5.11 Å². The van der Waals surface area contributed by atoms with Crippen LogP contribution in [0.15, 0.2) is 24.3 Å². The molecule has 0 bridgehead atoms. The van der Waals surface area contributed by atoms with Crippen molar-refractivity contribution >= 4 is 11.7 Å². The second-order valence-electron chi connectivity index (χ2n) is 5.23. The number of hydrogen-bond donors (Lipinski definition) is 2. The van der Waals surface area contributed by atoms with E-state index in [2.05, 4.69) is 5.32 Å². The van der Waals surface area contributed by atoms with Gasteiger partial charge in [0.05, 0.1) is 5.56 Å². The number of anilines is 1. The van der Waals surface area contributed by atoms with Crippen molar-refractivity contribution in [2.45, 2.75) is 31.7 Å². The van der Waals surface area contributed by atoms with Crippen molar-refractivity contribution in [3.05, 3.63) is 29.8 Å². The quantitative estimate of drug-likeness (QED) is 0.819. The van der Waals surface area contributed by atoms with Crippen molar-refractivity contribution < 1.29 is 9.90 Å². The zero-order chi connectivity index (χ0) is 11.8. The molecule has 2 N–H and O–H groups in total. The van der Waals surface area contributed by atoms with E-state index in [0.717, 1.165) is 17.5 Å². The molecule has 2 aliphatic rings. The molecule has 2 fully saturated rings. The van der Waals surface area contributed by atoms with Gasteiger partial charge in [0.1, 0.15) is 0 Å². The molecule has 0 spiro atoms. The lowest BCUT2D eigenvalue weighted by atomic mass is 10.1. The minimum Gasteiger partial charge on any atom is -0.478 e. The summed E-state index contributed by atoms with van der Waals surface area (Å²) in [6.07, 6.45) is 5.30. The average molecular weight is 231 g/mol. The third-order valence-corrected chi connectivity index (χ3v) is 3.70. The van der Waals surface area contributed by atoms with Gasteiger partial charge in [-0.25, -0.2) is 4.79 Å². The zero-order valence-electron chi connectivity index (χ0n) is 9.73. The Kier molecular flexibility index (Phi) is 2.54. The molecule has 1 aromatic rings. The highest BCUT2D eigenvalue weighted by Crippen LogP contribution is 2.45. The van der Waals surface area contributed by atoms with E-state index in [-0.39, 0.29) is 0 Å². The van der Waals surface area contributed by atoms with E-state index in [1.165, 1.54) is 25.7 Å². The summed E-state index contributed by atoms with van der Waals surface area (Å²) in [6.45, 7) is 0. The molecule has 1 aromatic carbocycles. The third-order valence-electron chi connectivity index (χ3n) is 3.70. The van der Waals surface area contributed by atoms with Gasteiger partial charge in [-0.1, -0.05) is 6.07 Å². The predicted octanol–water partition coefficient (Wildman–Crippen LogP) is 2.99. The van der Waals surface area contributed by atoms with Crippen molar-refractivity contribution in [2.75, 3.05) is 5.32 Å². The van der Waals surface area contributed by atoms with E-state index >= 15 is 0 Å². The van der Waals surface area contributed by atoms with Crippen LogP contribution in [0.2, 0.25) is 0 Å². The van der Waals surface area contributed by atoms with Crippen LogP contribution in [-0.2, 0) is 0 Å². The highest BCUT2D eigenvalue weighted by molar-refractivity contribution is 5.88. The molecule has 0 unspecified atom stereocenters. The molecule has 0 saturated heterocycles. The van der Waals surface area contributed by atoms with Gasteiger partial charge in [-0.05, 0) is 55.7 Å². The molecule has 0 amide bonds. The first-order chi connectivity index (χ1) is 8.24. The molecule has 3 nitrogen and oxygen atoms in total. The zero-order valence-corrected chi connectivity index (χ0v) is 9.73. The molecule has 90 valence electrons. The van der Waals surface area contributed by atoms with Crippen LogP contribution in [0.5, 0.6) is 0 Å². The molecule has 2 saturated carbocycles. The fourth-order valence-corrected chi connectivity index (χ4v) is 2.47. The first-order valence-electron chi connectivity index (χ1n) is 6.34. The van der Waals surface area contributed by atoms with Gasteiger partial charge in [0.15, 0.2) is 0 Å². The molecular formula is C14H17NO2. The molecule has 0 heterocycles. The molecule has 0 aromatic heterocycles. The number of carboxylic acids is 1. The van der Waals surface area contributed by atoms with Crippen molar-refractivity contribution in [3.63, 3.8) is 0 Å². The second kappa shape index (κ2) is 4.06. The Morgan fingerprint density at radius 3 is 2.41 bits per heavy atom. The van der Waals surface area contributed by atoms with E-state index < -0.39 is 5.97 Å². The SMILES string of the molecule is O=C(O)c1cccc(NC(C2CC2)C2CC2)c1. The minimum atomic E-state index is -0.858. The van der Waals surface area contributed by atoms with Crippen LogP contribution in [-0.4, -0.2) is 17.1 Å². The van der Waals surface area contributed by atoms with E-state index in [9.17, 15) is 4.79 Å². The van der Waals surface area contributed by atoms with Gasteiger partial charge in [-0.15, -0.1) is 0 Å². The Morgan fingerprint density at radius 2 is 1.88 bits per heavy atom. The smallest absolute Gasteiger partial charge is 0.335 e. The average Bonchev–Trinajstić information content (AvgIpc) is 3.16. The van der Waals surface area contributed by atoms with Crippen LogP contribution in [0.25, 0.3) is 0 Å². The highest BCUT2D eigenvalue weighted by Gasteiger charge is 2.41. The van der Waals surface area contributed by atoms with Crippen LogP contribution < -0.4 is 5.32 Å². The first kappa shape index (κ1) is 10.6. The number of aromatic carboxylic acids is 1. The lowest BCUT2D eigenvalue weighted by Crippen LogP contribution is -2.24. The van der Waals surface area contributed by atoms with Gasteiger partial charge in [-0.3, -0.25) is 0 Å². The summed E-state index contributed by atoms with van der Waals surface area (Å²) in [5, 5.41) is 12.5. The highest BCUT2D eigenvalue weighted by atomic mass is 16.4. The van der Waals surface area contributed by atoms with Crippen LogP contribution in [0.4, 0.5) is 5.69 Å². The topological polar surface area (TPSA) is 49.3 Å². The molecule has 0 atom stereocenters. The molecule has 3 rings (SSSR count). The Labute approximate surface area is 101 Å². The number of nitrogens with one attached hydrogen (secondary N) is 1. The van der Waals surface area contributed by atoms with Gasteiger partial charge in [0, 0.05) is 11.7 Å². The molecule has 3 heteroatoms. The predicted molar refractivity (Wildman–Crippen MR) is 66.3 cm³/mol.